The number of rotatable bonds is 7. The molecule has 36 heavy (non-hydrogen) atoms. The molecule has 4 rings (SSSR count). The Morgan fingerprint density at radius 3 is 2.53 bits per heavy atom. The Morgan fingerprint density at radius 1 is 1.14 bits per heavy atom. The van der Waals surface area contributed by atoms with Crippen molar-refractivity contribution in [1.29, 1.82) is 0 Å². The number of nitrogens with one attached hydrogen (secondary N) is 1. The number of methoxy groups -OCH3 is 1. The molecule has 3 aromatic rings. The number of fused-ring (bicyclic) bond motifs is 1. The molecule has 3 aromatic carbocycles. The fourth-order valence-electron chi connectivity index (χ4n) is 4.24. The van der Waals surface area contributed by atoms with Crippen molar-refractivity contribution in [2.75, 3.05) is 18.0 Å². The van der Waals surface area contributed by atoms with Gasteiger partial charge in [-0.05, 0) is 69.3 Å². The average Bonchev–Trinajstić information content (AvgIpc) is 2.82. The molecule has 0 bridgehead atoms. The van der Waals surface area contributed by atoms with Crippen LogP contribution in [0.1, 0.15) is 37.4 Å². The number of benzene rings is 3. The van der Waals surface area contributed by atoms with E-state index in [9.17, 15) is 13.2 Å². The summed E-state index contributed by atoms with van der Waals surface area (Å²) < 4.78 is 39.8. The standard InChI is InChI=1S/C27H29ClN2O5S/c1-18-8-11-22(12-9-18)36(32,33)30(20-7-5-6-19(28)14-20)17-26(31)29-24-16-27(2,3)35-25-13-10-21(34-4)15-23(24)25/h5-15,24H,16-17H2,1-4H3,(H,29,31). The normalized spacial score (nSPS) is 16.4. The minimum atomic E-state index is -4.05. The van der Waals surface area contributed by atoms with Crippen molar-refractivity contribution in [3.05, 3.63) is 82.9 Å². The summed E-state index contributed by atoms with van der Waals surface area (Å²) >= 11 is 6.17. The molecule has 190 valence electrons. The van der Waals surface area contributed by atoms with Crippen molar-refractivity contribution < 1.29 is 22.7 Å². The summed E-state index contributed by atoms with van der Waals surface area (Å²) in [5.41, 5.74) is 1.47. The summed E-state index contributed by atoms with van der Waals surface area (Å²) in [5.74, 6) is 0.831. The third-order valence-corrected chi connectivity index (χ3v) is 8.03. The minimum absolute atomic E-state index is 0.0863. The molecule has 1 amide bonds. The first-order chi connectivity index (χ1) is 17.0. The molecule has 1 heterocycles. The lowest BCUT2D eigenvalue weighted by molar-refractivity contribution is -0.120. The van der Waals surface area contributed by atoms with E-state index in [1.807, 2.05) is 32.9 Å². The van der Waals surface area contributed by atoms with Gasteiger partial charge in [-0.25, -0.2) is 8.42 Å². The number of hydrogen-bond acceptors (Lipinski definition) is 5. The second-order valence-electron chi connectivity index (χ2n) is 9.39. The van der Waals surface area contributed by atoms with Crippen LogP contribution in [0, 0.1) is 6.92 Å². The second kappa shape index (κ2) is 10.0. The van der Waals surface area contributed by atoms with E-state index in [0.29, 0.717) is 28.6 Å². The Bertz CT molecular complexity index is 1370. The number of nitrogens with zero attached hydrogens (tertiary/aromatic N) is 1. The third-order valence-electron chi connectivity index (χ3n) is 6.00. The summed E-state index contributed by atoms with van der Waals surface area (Å²) in [4.78, 5) is 13.5. The zero-order chi connectivity index (χ0) is 26.1. The summed E-state index contributed by atoms with van der Waals surface area (Å²) in [6, 6.07) is 18.0. The number of sulfonamides is 1. The van der Waals surface area contributed by atoms with Gasteiger partial charge in [0, 0.05) is 17.0 Å². The maximum absolute atomic E-state index is 13.6. The van der Waals surface area contributed by atoms with Crippen LogP contribution in [0.5, 0.6) is 11.5 Å². The number of aryl methyl sites for hydroxylation is 1. The minimum Gasteiger partial charge on any atom is -0.497 e. The number of hydrogen-bond donors (Lipinski definition) is 1. The van der Waals surface area contributed by atoms with Gasteiger partial charge in [0.05, 0.1) is 23.7 Å². The largest absolute Gasteiger partial charge is 0.497 e. The van der Waals surface area contributed by atoms with Gasteiger partial charge in [0.15, 0.2) is 0 Å². The van der Waals surface area contributed by atoms with Crippen LogP contribution in [-0.2, 0) is 14.8 Å². The van der Waals surface area contributed by atoms with Crippen molar-refractivity contribution in [3.8, 4) is 11.5 Å². The molecule has 0 spiro atoms. The lowest BCUT2D eigenvalue weighted by atomic mass is 9.89. The smallest absolute Gasteiger partial charge is 0.264 e. The van der Waals surface area contributed by atoms with E-state index in [1.165, 1.54) is 18.2 Å². The van der Waals surface area contributed by atoms with Crippen LogP contribution >= 0.6 is 11.6 Å². The highest BCUT2D eigenvalue weighted by Crippen LogP contribution is 2.41. The van der Waals surface area contributed by atoms with E-state index in [4.69, 9.17) is 21.1 Å². The van der Waals surface area contributed by atoms with E-state index in [-0.39, 0.29) is 4.90 Å². The van der Waals surface area contributed by atoms with Crippen LogP contribution in [0.4, 0.5) is 5.69 Å². The van der Waals surface area contributed by atoms with Crippen LogP contribution in [0.3, 0.4) is 0 Å². The number of carbonyl (C=O) groups excluding carboxylic acids is 1. The molecule has 7 nitrogen and oxygen atoms in total. The summed E-state index contributed by atoms with van der Waals surface area (Å²) in [5, 5.41) is 3.38. The highest BCUT2D eigenvalue weighted by molar-refractivity contribution is 7.92. The highest BCUT2D eigenvalue weighted by atomic mass is 35.5. The van der Waals surface area contributed by atoms with Crippen LogP contribution in [-0.4, -0.2) is 33.6 Å². The second-order valence-corrected chi connectivity index (χ2v) is 11.7. The average molecular weight is 529 g/mol. The van der Waals surface area contributed by atoms with Crippen LogP contribution < -0.4 is 19.1 Å². The molecule has 1 atom stereocenters. The first kappa shape index (κ1) is 25.9. The summed E-state index contributed by atoms with van der Waals surface area (Å²) in [6.07, 6.45) is 0.501. The number of halogens is 1. The van der Waals surface area contributed by atoms with Crippen LogP contribution in [0.15, 0.2) is 71.6 Å². The van der Waals surface area contributed by atoms with Gasteiger partial charge >= 0.3 is 0 Å². The molecule has 1 N–H and O–H groups in total. The van der Waals surface area contributed by atoms with Gasteiger partial charge in [-0.15, -0.1) is 0 Å². The van der Waals surface area contributed by atoms with Crippen molar-refractivity contribution in [1.82, 2.24) is 5.32 Å². The Balaban J connectivity index is 1.66. The van der Waals surface area contributed by atoms with Gasteiger partial charge in [0.25, 0.3) is 10.0 Å². The van der Waals surface area contributed by atoms with E-state index < -0.39 is 34.1 Å². The van der Waals surface area contributed by atoms with E-state index in [1.54, 1.807) is 43.5 Å². The Labute approximate surface area is 217 Å². The first-order valence-corrected chi connectivity index (χ1v) is 13.3. The van der Waals surface area contributed by atoms with Crippen molar-refractivity contribution >= 4 is 33.2 Å². The third kappa shape index (κ3) is 5.60. The topological polar surface area (TPSA) is 84.9 Å². The van der Waals surface area contributed by atoms with Crippen molar-refractivity contribution in [2.24, 2.45) is 0 Å². The SMILES string of the molecule is COc1ccc2c(c1)C(NC(=O)CN(c1cccc(Cl)c1)S(=O)(=O)c1ccc(C)cc1)CC(C)(C)O2. The van der Waals surface area contributed by atoms with E-state index >= 15 is 0 Å². The fourth-order valence-corrected chi connectivity index (χ4v) is 5.84. The molecule has 0 aliphatic carbocycles. The Kier molecular flexibility index (Phi) is 7.20. The fraction of sp³-hybridized carbons (Fsp3) is 0.296. The molecule has 0 aromatic heterocycles. The van der Waals surface area contributed by atoms with Gasteiger partial charge in [-0.3, -0.25) is 9.10 Å². The predicted molar refractivity (Wildman–Crippen MR) is 140 cm³/mol. The molecule has 1 aliphatic heterocycles. The first-order valence-electron chi connectivity index (χ1n) is 11.5. The highest BCUT2D eigenvalue weighted by Gasteiger charge is 2.36. The number of ether oxygens (including phenoxy) is 2. The molecule has 9 heteroatoms. The quantitative estimate of drug-likeness (QED) is 0.451. The molecule has 0 saturated carbocycles. The zero-order valence-corrected chi connectivity index (χ0v) is 22.2. The van der Waals surface area contributed by atoms with E-state index in [0.717, 1.165) is 15.4 Å². The van der Waals surface area contributed by atoms with Gasteiger partial charge < -0.3 is 14.8 Å². The number of amides is 1. The maximum atomic E-state index is 13.6. The molecule has 0 radical (unpaired) electrons. The Hall–Kier alpha value is -3.23. The number of anilines is 1. The zero-order valence-electron chi connectivity index (χ0n) is 20.6. The maximum Gasteiger partial charge on any atom is 0.264 e. The van der Waals surface area contributed by atoms with Crippen molar-refractivity contribution in [3.63, 3.8) is 0 Å². The lowest BCUT2D eigenvalue weighted by Gasteiger charge is -2.38. The Morgan fingerprint density at radius 2 is 1.86 bits per heavy atom. The monoisotopic (exact) mass is 528 g/mol. The van der Waals surface area contributed by atoms with Crippen LogP contribution in [0.25, 0.3) is 0 Å². The molecule has 0 fully saturated rings. The number of carbonyl (C=O) groups is 1. The molecule has 1 unspecified atom stereocenters. The van der Waals surface area contributed by atoms with Gasteiger partial charge in [-0.1, -0.05) is 35.4 Å². The molecule has 0 saturated heterocycles. The van der Waals surface area contributed by atoms with Crippen LogP contribution in [0.2, 0.25) is 5.02 Å². The van der Waals surface area contributed by atoms with Gasteiger partial charge in [-0.2, -0.15) is 0 Å². The van der Waals surface area contributed by atoms with Gasteiger partial charge in [0.2, 0.25) is 5.91 Å². The molecular weight excluding hydrogens is 500 g/mol. The predicted octanol–water partition coefficient (Wildman–Crippen LogP) is 5.27. The van der Waals surface area contributed by atoms with E-state index in [2.05, 4.69) is 5.32 Å². The molecule has 1 aliphatic rings. The van der Waals surface area contributed by atoms with Crippen molar-refractivity contribution in [2.45, 2.75) is 43.7 Å². The summed E-state index contributed by atoms with van der Waals surface area (Å²) in [7, 11) is -2.48. The van der Waals surface area contributed by atoms with Gasteiger partial charge in [0.1, 0.15) is 23.6 Å². The summed E-state index contributed by atoms with van der Waals surface area (Å²) in [6.45, 7) is 5.34. The lowest BCUT2D eigenvalue weighted by Crippen LogP contribution is -2.45. The molecular formula is C27H29ClN2O5S.